The van der Waals surface area contributed by atoms with Crippen LogP contribution < -0.4 is 11.2 Å². The first-order chi connectivity index (χ1) is 16.5. The molecule has 1 aliphatic rings. The number of nitrogens with zero attached hydrogens (tertiary/aromatic N) is 4. The van der Waals surface area contributed by atoms with Crippen molar-refractivity contribution in [2.45, 2.75) is 37.9 Å². The molecule has 202 valence electrons. The number of phosphoric ester groups is 1. The Balaban J connectivity index is 1.77. The molecule has 3 unspecified atom stereocenters. The summed E-state index contributed by atoms with van der Waals surface area (Å²) in [4.78, 5) is 62.3. The van der Waals surface area contributed by atoms with E-state index in [1.54, 1.807) is 6.92 Å². The summed E-state index contributed by atoms with van der Waals surface area (Å²) in [7, 11) is -16.9. The van der Waals surface area contributed by atoms with Gasteiger partial charge in [-0.3, -0.25) is 18.9 Å². The number of rotatable bonds is 10. The maximum atomic E-state index is 12.3. The van der Waals surface area contributed by atoms with E-state index in [0.29, 0.717) is 16.7 Å². The van der Waals surface area contributed by atoms with Crippen molar-refractivity contribution in [3.05, 3.63) is 38.9 Å². The zero-order chi connectivity index (χ0) is 27.1. The van der Waals surface area contributed by atoms with E-state index in [9.17, 15) is 38.4 Å². The fourth-order valence-electron chi connectivity index (χ4n) is 2.97. The summed E-state index contributed by atoms with van der Waals surface area (Å²) in [6.45, 7) is 0.693. The highest BCUT2D eigenvalue weighted by Crippen LogP contribution is 2.66. The number of aliphatic hydroxyl groups excluding tert-OH is 2. The summed E-state index contributed by atoms with van der Waals surface area (Å²) in [5.74, 6) is 0. The van der Waals surface area contributed by atoms with Crippen LogP contribution in [-0.4, -0.2) is 79.3 Å². The minimum Gasteiger partial charge on any atom is -0.387 e. The number of aryl methyl sites for hydroxylation is 1. The van der Waals surface area contributed by atoms with E-state index < -0.39 is 65.9 Å². The van der Waals surface area contributed by atoms with E-state index >= 15 is 0 Å². The molecule has 0 spiro atoms. The monoisotopic (exact) mass is 579 g/mol. The molecule has 2 aromatic rings. The van der Waals surface area contributed by atoms with Crippen LogP contribution in [0.1, 0.15) is 18.8 Å². The SMILES string of the molecule is CCc1cn(-c2cn([C@@H]3O[C@H](COP(=O)(O)OP(=O)(O)OP(=O)(O)O)C(O)[C@@H]3O)c(=O)[nH]c2=O)nn1. The third-order valence-electron chi connectivity index (χ3n) is 4.53. The second-order valence-electron chi connectivity index (χ2n) is 7.12. The van der Waals surface area contributed by atoms with Crippen molar-refractivity contribution in [1.82, 2.24) is 24.5 Å². The molecule has 1 aliphatic heterocycles. The standard InChI is InChI=1S/C13H20N5O15P3/c1-2-6-3-18(16-15-6)7-4-17(13(22)14-11(7)21)12-10(20)9(19)8(31-12)5-30-35(26,27)33-36(28,29)32-34(23,24)25/h3-4,8-10,12,19-20H,2,5H2,1H3,(H,26,27)(H,28,29)(H,14,21,22)(H2,23,24,25)/t8-,9?,10+,12-/m1/s1. The molecule has 1 saturated heterocycles. The van der Waals surface area contributed by atoms with Gasteiger partial charge < -0.3 is 34.5 Å². The Morgan fingerprint density at radius 2 is 1.72 bits per heavy atom. The van der Waals surface area contributed by atoms with Gasteiger partial charge in [-0.25, -0.2) is 23.2 Å². The number of aromatic amines is 1. The van der Waals surface area contributed by atoms with E-state index in [-0.39, 0.29) is 5.69 Å². The number of hydrogen-bond donors (Lipinski definition) is 7. The first-order valence-electron chi connectivity index (χ1n) is 9.59. The molecule has 6 atom stereocenters. The average Bonchev–Trinajstić information content (AvgIpc) is 3.30. The number of hydrogen-bond acceptors (Lipinski definition) is 13. The molecule has 2 aromatic heterocycles. The Morgan fingerprint density at radius 1 is 1.06 bits per heavy atom. The average molecular weight is 579 g/mol. The Morgan fingerprint density at radius 3 is 2.31 bits per heavy atom. The topological polar surface area (TPSA) is 295 Å². The zero-order valence-electron chi connectivity index (χ0n) is 17.9. The third kappa shape index (κ3) is 6.90. The van der Waals surface area contributed by atoms with Crippen LogP contribution in [0.4, 0.5) is 0 Å². The number of ether oxygens (including phenoxy) is 1. The van der Waals surface area contributed by atoms with Crippen LogP contribution in [-0.2, 0) is 38.0 Å². The molecular formula is C13H20N5O15P3. The second-order valence-corrected chi connectivity index (χ2v) is 11.5. The molecule has 3 rings (SSSR count). The van der Waals surface area contributed by atoms with Crippen LogP contribution in [0.25, 0.3) is 5.69 Å². The van der Waals surface area contributed by atoms with Gasteiger partial charge in [0, 0.05) is 6.20 Å². The lowest BCUT2D eigenvalue weighted by atomic mass is 10.1. The molecule has 3 heterocycles. The van der Waals surface area contributed by atoms with Crippen molar-refractivity contribution in [3.63, 3.8) is 0 Å². The van der Waals surface area contributed by atoms with Crippen molar-refractivity contribution >= 4 is 23.5 Å². The van der Waals surface area contributed by atoms with Gasteiger partial charge in [-0.1, -0.05) is 12.1 Å². The molecule has 0 saturated carbocycles. The van der Waals surface area contributed by atoms with Crippen LogP contribution >= 0.6 is 23.5 Å². The van der Waals surface area contributed by atoms with Gasteiger partial charge >= 0.3 is 29.2 Å². The first kappa shape index (κ1) is 28.7. The van der Waals surface area contributed by atoms with Crippen molar-refractivity contribution < 1.29 is 61.4 Å². The van der Waals surface area contributed by atoms with Gasteiger partial charge in [-0.2, -0.15) is 8.62 Å². The van der Waals surface area contributed by atoms with Gasteiger partial charge in [0.05, 0.1) is 18.5 Å². The predicted octanol–water partition coefficient (Wildman–Crippen LogP) is -2.36. The molecule has 0 amide bonds. The molecule has 1 fully saturated rings. The molecule has 7 N–H and O–H groups in total. The van der Waals surface area contributed by atoms with Gasteiger partial charge in [0.2, 0.25) is 0 Å². The lowest BCUT2D eigenvalue weighted by Crippen LogP contribution is -2.39. The van der Waals surface area contributed by atoms with Gasteiger partial charge in [-0.05, 0) is 6.42 Å². The quantitative estimate of drug-likeness (QED) is 0.145. The molecule has 20 nitrogen and oxygen atoms in total. The fraction of sp³-hybridized carbons (Fsp3) is 0.538. The molecule has 0 radical (unpaired) electrons. The van der Waals surface area contributed by atoms with Crippen molar-refractivity contribution in [3.8, 4) is 5.69 Å². The summed E-state index contributed by atoms with van der Waals surface area (Å²) in [5.41, 5.74) is -1.61. The number of aromatic nitrogens is 5. The number of nitrogens with one attached hydrogen (secondary N) is 1. The van der Waals surface area contributed by atoms with E-state index in [1.807, 2.05) is 4.98 Å². The van der Waals surface area contributed by atoms with Crippen LogP contribution in [0.5, 0.6) is 0 Å². The van der Waals surface area contributed by atoms with Gasteiger partial charge in [0.25, 0.3) is 5.56 Å². The third-order valence-corrected chi connectivity index (χ3v) is 8.33. The number of aliphatic hydroxyl groups is 2. The Hall–Kier alpha value is -1.89. The predicted molar refractivity (Wildman–Crippen MR) is 111 cm³/mol. The summed E-state index contributed by atoms with van der Waals surface area (Å²) in [6.07, 6.45) is -4.15. The summed E-state index contributed by atoms with van der Waals surface area (Å²) >= 11 is 0. The summed E-state index contributed by atoms with van der Waals surface area (Å²) in [6, 6.07) is 0. The first-order valence-corrected chi connectivity index (χ1v) is 14.1. The minimum absolute atomic E-state index is 0.205. The normalized spacial score (nSPS) is 26.0. The van der Waals surface area contributed by atoms with Crippen LogP contribution in [0.15, 0.2) is 22.0 Å². The van der Waals surface area contributed by atoms with Crippen molar-refractivity contribution in [1.29, 1.82) is 0 Å². The lowest BCUT2D eigenvalue weighted by Gasteiger charge is -2.19. The van der Waals surface area contributed by atoms with Crippen LogP contribution in [0, 0.1) is 0 Å². The largest absolute Gasteiger partial charge is 0.490 e. The maximum Gasteiger partial charge on any atom is 0.490 e. The maximum absolute atomic E-state index is 12.3. The van der Waals surface area contributed by atoms with E-state index in [4.69, 9.17) is 19.4 Å². The molecule has 0 aromatic carbocycles. The van der Waals surface area contributed by atoms with Gasteiger partial charge in [0.1, 0.15) is 24.0 Å². The van der Waals surface area contributed by atoms with Crippen molar-refractivity contribution in [2.24, 2.45) is 0 Å². The molecular weight excluding hydrogens is 559 g/mol. The summed E-state index contributed by atoms with van der Waals surface area (Å²) < 4.78 is 52.5. The zero-order valence-corrected chi connectivity index (χ0v) is 20.5. The minimum atomic E-state index is -5.78. The highest BCUT2D eigenvalue weighted by Gasteiger charge is 2.47. The Bertz CT molecular complexity index is 1370. The van der Waals surface area contributed by atoms with Gasteiger partial charge in [-0.15, -0.1) is 5.10 Å². The molecule has 23 heteroatoms. The molecule has 36 heavy (non-hydrogen) atoms. The second kappa shape index (κ2) is 10.5. The fourth-order valence-corrected chi connectivity index (χ4v) is 6.00. The van der Waals surface area contributed by atoms with E-state index in [1.165, 1.54) is 6.20 Å². The highest BCUT2D eigenvalue weighted by atomic mass is 31.3. The van der Waals surface area contributed by atoms with E-state index in [2.05, 4.69) is 23.5 Å². The Labute approximate surface area is 199 Å². The number of phosphoric acid groups is 3. The molecule has 0 bridgehead atoms. The van der Waals surface area contributed by atoms with E-state index in [0.717, 1.165) is 10.9 Å². The summed E-state index contributed by atoms with van der Waals surface area (Å²) in [5, 5.41) is 28.1. The Kier molecular flexibility index (Phi) is 8.34. The number of H-pyrrole nitrogens is 1. The van der Waals surface area contributed by atoms with Gasteiger partial charge in [0.15, 0.2) is 6.23 Å². The smallest absolute Gasteiger partial charge is 0.387 e. The van der Waals surface area contributed by atoms with Crippen LogP contribution in [0.2, 0.25) is 0 Å². The molecule has 0 aliphatic carbocycles. The van der Waals surface area contributed by atoms with Crippen molar-refractivity contribution in [2.75, 3.05) is 6.61 Å². The lowest BCUT2D eigenvalue weighted by molar-refractivity contribution is -0.0542. The van der Waals surface area contributed by atoms with Crippen LogP contribution in [0.3, 0.4) is 0 Å². The highest BCUT2D eigenvalue weighted by molar-refractivity contribution is 7.66.